The predicted molar refractivity (Wildman–Crippen MR) is 69.1 cm³/mol. The molecule has 0 fully saturated rings. The standard InChI is InChI=1S/C13H18N2O3/c1-15-7-3-4-8-10(15)6-5-9(12(8)18-2)11(14)13(16)17/h5-6,11H,3-4,7,14H2,1-2H3,(H,16,17). The first-order chi connectivity index (χ1) is 8.56. The molecule has 0 amide bonds. The second kappa shape index (κ2) is 4.86. The summed E-state index contributed by atoms with van der Waals surface area (Å²) in [5.74, 6) is -0.425. The number of fused-ring (bicyclic) bond motifs is 1. The molecule has 2 rings (SSSR count). The number of rotatable bonds is 3. The van der Waals surface area contributed by atoms with Gasteiger partial charge in [-0.2, -0.15) is 0 Å². The molecule has 1 heterocycles. The molecule has 0 saturated heterocycles. The number of anilines is 1. The van der Waals surface area contributed by atoms with E-state index < -0.39 is 12.0 Å². The van der Waals surface area contributed by atoms with Crippen molar-refractivity contribution in [3.05, 3.63) is 23.3 Å². The summed E-state index contributed by atoms with van der Waals surface area (Å²) >= 11 is 0. The van der Waals surface area contributed by atoms with Crippen molar-refractivity contribution in [2.45, 2.75) is 18.9 Å². The lowest BCUT2D eigenvalue weighted by molar-refractivity contribution is -0.138. The van der Waals surface area contributed by atoms with Crippen molar-refractivity contribution in [3.63, 3.8) is 0 Å². The van der Waals surface area contributed by atoms with Crippen molar-refractivity contribution in [3.8, 4) is 5.75 Å². The largest absolute Gasteiger partial charge is 0.496 e. The number of ether oxygens (including phenoxy) is 1. The average Bonchev–Trinajstić information content (AvgIpc) is 2.36. The fourth-order valence-corrected chi connectivity index (χ4v) is 2.47. The van der Waals surface area contributed by atoms with E-state index in [2.05, 4.69) is 4.90 Å². The van der Waals surface area contributed by atoms with Gasteiger partial charge in [-0.05, 0) is 18.9 Å². The van der Waals surface area contributed by atoms with Crippen molar-refractivity contribution < 1.29 is 14.6 Å². The van der Waals surface area contributed by atoms with Gasteiger partial charge in [0.25, 0.3) is 0 Å². The fraction of sp³-hybridized carbons (Fsp3) is 0.462. The molecule has 1 aromatic carbocycles. The lowest BCUT2D eigenvalue weighted by Crippen LogP contribution is -2.27. The number of carbonyl (C=O) groups is 1. The molecule has 1 unspecified atom stereocenters. The Morgan fingerprint density at radius 1 is 1.56 bits per heavy atom. The molecule has 5 heteroatoms. The van der Waals surface area contributed by atoms with Gasteiger partial charge in [0, 0.05) is 30.4 Å². The summed E-state index contributed by atoms with van der Waals surface area (Å²) in [4.78, 5) is 13.2. The Kier molecular flexibility index (Phi) is 3.43. The van der Waals surface area contributed by atoms with Crippen LogP contribution >= 0.6 is 0 Å². The minimum atomic E-state index is -1.04. The summed E-state index contributed by atoms with van der Waals surface area (Å²) in [6, 6.07) is 2.63. The van der Waals surface area contributed by atoms with Gasteiger partial charge in [-0.1, -0.05) is 6.07 Å². The first-order valence-electron chi connectivity index (χ1n) is 5.95. The van der Waals surface area contributed by atoms with Crippen LogP contribution < -0.4 is 15.4 Å². The van der Waals surface area contributed by atoms with Gasteiger partial charge in [0.2, 0.25) is 0 Å². The predicted octanol–water partition coefficient (Wildman–Crippen LogP) is 1.16. The second-order valence-electron chi connectivity index (χ2n) is 4.53. The van der Waals surface area contributed by atoms with Crippen LogP contribution in [0.25, 0.3) is 0 Å². The van der Waals surface area contributed by atoms with Crippen LogP contribution in [0.4, 0.5) is 5.69 Å². The van der Waals surface area contributed by atoms with E-state index in [9.17, 15) is 4.79 Å². The van der Waals surface area contributed by atoms with Crippen molar-refractivity contribution in [2.24, 2.45) is 5.73 Å². The molecule has 0 spiro atoms. The molecule has 18 heavy (non-hydrogen) atoms. The third kappa shape index (κ3) is 2.01. The summed E-state index contributed by atoms with van der Waals surface area (Å²) < 4.78 is 5.39. The van der Waals surface area contributed by atoms with Gasteiger partial charge in [-0.3, -0.25) is 4.79 Å². The number of carboxylic acids is 1. The molecular formula is C13H18N2O3. The van der Waals surface area contributed by atoms with Crippen LogP contribution in [-0.4, -0.2) is 31.8 Å². The molecule has 3 N–H and O–H groups in total. The number of nitrogens with two attached hydrogens (primary N) is 1. The van der Waals surface area contributed by atoms with E-state index in [1.54, 1.807) is 13.2 Å². The second-order valence-corrected chi connectivity index (χ2v) is 4.53. The maximum atomic E-state index is 11.0. The molecule has 0 radical (unpaired) electrons. The van der Waals surface area contributed by atoms with Crippen LogP contribution in [0.5, 0.6) is 5.75 Å². The minimum Gasteiger partial charge on any atom is -0.496 e. The molecule has 1 aliphatic rings. The van der Waals surface area contributed by atoms with E-state index in [1.165, 1.54) is 0 Å². The summed E-state index contributed by atoms with van der Waals surface area (Å²) in [6.07, 6.45) is 1.93. The molecule has 0 aromatic heterocycles. The van der Waals surface area contributed by atoms with Crippen LogP contribution in [0.3, 0.4) is 0 Å². The molecule has 0 saturated carbocycles. The molecule has 98 valence electrons. The Bertz CT molecular complexity index is 474. The topological polar surface area (TPSA) is 75.8 Å². The quantitative estimate of drug-likeness (QED) is 0.842. The van der Waals surface area contributed by atoms with E-state index in [0.717, 1.165) is 30.6 Å². The van der Waals surface area contributed by atoms with Crippen LogP contribution in [-0.2, 0) is 11.2 Å². The number of methoxy groups -OCH3 is 1. The monoisotopic (exact) mass is 250 g/mol. The summed E-state index contributed by atoms with van der Waals surface area (Å²) in [6.45, 7) is 1.00. The highest BCUT2D eigenvalue weighted by Gasteiger charge is 2.25. The van der Waals surface area contributed by atoms with Gasteiger partial charge in [0.15, 0.2) is 0 Å². The van der Waals surface area contributed by atoms with Crippen molar-refractivity contribution in [1.82, 2.24) is 0 Å². The molecule has 1 aromatic rings. The zero-order valence-corrected chi connectivity index (χ0v) is 10.6. The maximum Gasteiger partial charge on any atom is 0.325 e. The van der Waals surface area contributed by atoms with Crippen LogP contribution in [0.1, 0.15) is 23.6 Å². The first kappa shape index (κ1) is 12.7. The molecular weight excluding hydrogens is 232 g/mol. The highest BCUT2D eigenvalue weighted by molar-refractivity contribution is 5.78. The van der Waals surface area contributed by atoms with Crippen molar-refractivity contribution in [1.29, 1.82) is 0 Å². The number of carboxylic acid groups (broad SMARTS) is 1. The summed E-state index contributed by atoms with van der Waals surface area (Å²) in [5, 5.41) is 9.02. The van der Waals surface area contributed by atoms with Crippen molar-refractivity contribution >= 4 is 11.7 Å². The Morgan fingerprint density at radius 3 is 2.89 bits per heavy atom. The molecule has 1 atom stereocenters. The lowest BCUT2D eigenvalue weighted by atomic mass is 9.95. The normalized spacial score (nSPS) is 16.1. The van der Waals surface area contributed by atoms with E-state index in [-0.39, 0.29) is 0 Å². The van der Waals surface area contributed by atoms with E-state index in [4.69, 9.17) is 15.6 Å². The van der Waals surface area contributed by atoms with Crippen LogP contribution in [0.15, 0.2) is 12.1 Å². The van der Waals surface area contributed by atoms with E-state index in [1.807, 2.05) is 13.1 Å². The zero-order valence-electron chi connectivity index (χ0n) is 10.6. The average molecular weight is 250 g/mol. The van der Waals surface area contributed by atoms with Crippen molar-refractivity contribution in [2.75, 3.05) is 25.6 Å². The van der Waals surface area contributed by atoms with Gasteiger partial charge >= 0.3 is 5.97 Å². The Labute approximate surface area is 106 Å². The van der Waals surface area contributed by atoms with E-state index >= 15 is 0 Å². The first-order valence-corrected chi connectivity index (χ1v) is 5.95. The summed E-state index contributed by atoms with van der Waals surface area (Å²) in [7, 11) is 3.58. The third-order valence-electron chi connectivity index (χ3n) is 3.40. The molecule has 0 bridgehead atoms. The SMILES string of the molecule is COc1c(C(N)C(=O)O)ccc2c1CCCN2C. The number of hydrogen-bond donors (Lipinski definition) is 2. The third-order valence-corrected chi connectivity index (χ3v) is 3.40. The van der Waals surface area contributed by atoms with Gasteiger partial charge in [-0.15, -0.1) is 0 Å². The highest BCUT2D eigenvalue weighted by Crippen LogP contribution is 2.38. The minimum absolute atomic E-state index is 0.541. The number of nitrogens with zero attached hydrogens (tertiary/aromatic N) is 1. The maximum absolute atomic E-state index is 11.0. The molecule has 1 aliphatic heterocycles. The number of benzene rings is 1. The number of aliphatic carboxylic acids is 1. The van der Waals surface area contributed by atoms with E-state index in [0.29, 0.717) is 11.3 Å². The Morgan fingerprint density at radius 2 is 2.28 bits per heavy atom. The Balaban J connectivity index is 2.54. The highest BCUT2D eigenvalue weighted by atomic mass is 16.5. The van der Waals surface area contributed by atoms with Crippen LogP contribution in [0, 0.1) is 0 Å². The lowest BCUT2D eigenvalue weighted by Gasteiger charge is -2.30. The number of hydrogen-bond acceptors (Lipinski definition) is 4. The Hall–Kier alpha value is -1.75. The fourth-order valence-electron chi connectivity index (χ4n) is 2.47. The molecule has 0 aliphatic carbocycles. The van der Waals surface area contributed by atoms with Gasteiger partial charge in [-0.25, -0.2) is 0 Å². The van der Waals surface area contributed by atoms with Gasteiger partial charge < -0.3 is 20.5 Å². The van der Waals surface area contributed by atoms with Gasteiger partial charge in [0.05, 0.1) is 7.11 Å². The smallest absolute Gasteiger partial charge is 0.325 e. The van der Waals surface area contributed by atoms with Gasteiger partial charge in [0.1, 0.15) is 11.8 Å². The zero-order chi connectivity index (χ0) is 13.3. The summed E-state index contributed by atoms with van der Waals surface area (Å²) in [5.41, 5.74) is 8.38. The molecule has 5 nitrogen and oxygen atoms in total. The van der Waals surface area contributed by atoms with Crippen LogP contribution in [0.2, 0.25) is 0 Å².